The van der Waals surface area contributed by atoms with E-state index in [1.165, 1.54) is 9.13 Å². The average Bonchev–Trinajstić information content (AvgIpc) is 3.10. The molecule has 0 spiro atoms. The smallest absolute Gasteiger partial charge is 0.329 e. The zero-order chi connectivity index (χ0) is 24.4. The molecule has 34 heavy (non-hydrogen) atoms. The Hall–Kier alpha value is -3.50. The van der Waals surface area contributed by atoms with Crippen LogP contribution >= 0.6 is 0 Å². The van der Waals surface area contributed by atoms with Gasteiger partial charge in [0.15, 0.2) is 0 Å². The first-order valence-electron chi connectivity index (χ1n) is 11.5. The van der Waals surface area contributed by atoms with Crippen molar-refractivity contribution >= 4 is 28.7 Å². The molecule has 4 rings (SSSR count). The Labute approximate surface area is 198 Å². The molecule has 10 nitrogen and oxygen atoms in total. The third-order valence-corrected chi connectivity index (χ3v) is 6.27. The van der Waals surface area contributed by atoms with Crippen LogP contribution in [0.2, 0.25) is 0 Å². The van der Waals surface area contributed by atoms with Gasteiger partial charge in [0.05, 0.1) is 29.6 Å². The van der Waals surface area contributed by atoms with Crippen LogP contribution in [0, 0.1) is 5.92 Å². The minimum absolute atomic E-state index is 0.0352. The standard InChI is InChI=1S/C24H31N7O3/c1-16(2)19-8-11-28(3)15-30(19)24(34)31-20-7-6-17(13-21(20)29(12-9-25)23(31)33)22(32)27-18-5-4-10-26-14-18/h4-7,10,13-14,16,19H,8-9,11-12,15,25H2,1-3H3,(H,27,32)/t19-/m0/s1. The van der Waals surface area contributed by atoms with E-state index in [0.29, 0.717) is 29.0 Å². The summed E-state index contributed by atoms with van der Waals surface area (Å²) in [6, 6.07) is 8.04. The lowest BCUT2D eigenvalue weighted by Gasteiger charge is -2.41. The molecule has 0 radical (unpaired) electrons. The van der Waals surface area contributed by atoms with Crippen LogP contribution in [0.3, 0.4) is 0 Å². The van der Waals surface area contributed by atoms with Gasteiger partial charge in [-0.1, -0.05) is 13.8 Å². The van der Waals surface area contributed by atoms with Crippen LogP contribution < -0.4 is 16.7 Å². The Morgan fingerprint density at radius 1 is 1.24 bits per heavy atom. The number of nitrogens with two attached hydrogens (primary N) is 1. The summed E-state index contributed by atoms with van der Waals surface area (Å²) in [6.07, 6.45) is 4.02. The minimum atomic E-state index is -0.453. The number of aromatic nitrogens is 3. The van der Waals surface area contributed by atoms with Gasteiger partial charge in [0.1, 0.15) is 0 Å². The van der Waals surface area contributed by atoms with E-state index in [4.69, 9.17) is 5.73 Å². The Morgan fingerprint density at radius 2 is 2.03 bits per heavy atom. The predicted molar refractivity (Wildman–Crippen MR) is 131 cm³/mol. The largest absolute Gasteiger partial charge is 0.337 e. The summed E-state index contributed by atoms with van der Waals surface area (Å²) >= 11 is 0. The summed E-state index contributed by atoms with van der Waals surface area (Å²) in [6.45, 7) is 5.97. The third kappa shape index (κ3) is 4.46. The van der Waals surface area contributed by atoms with Crippen molar-refractivity contribution in [2.45, 2.75) is 32.9 Å². The maximum atomic E-state index is 13.7. The highest BCUT2D eigenvalue weighted by Crippen LogP contribution is 2.23. The molecule has 2 amide bonds. The first-order chi connectivity index (χ1) is 16.3. The molecular formula is C24H31N7O3. The number of hydrogen-bond donors (Lipinski definition) is 2. The maximum Gasteiger partial charge on any atom is 0.337 e. The van der Waals surface area contributed by atoms with Crippen LogP contribution in [0.5, 0.6) is 0 Å². The zero-order valence-corrected chi connectivity index (χ0v) is 19.8. The Morgan fingerprint density at radius 3 is 2.71 bits per heavy atom. The van der Waals surface area contributed by atoms with E-state index in [0.717, 1.165) is 13.0 Å². The van der Waals surface area contributed by atoms with Crippen molar-refractivity contribution in [3.05, 3.63) is 58.8 Å². The number of carbonyl (C=O) groups excluding carboxylic acids is 2. The molecule has 1 fully saturated rings. The SMILES string of the molecule is CC(C)[C@@H]1CCN(C)CN1C(=O)n1c(=O)n(CCN)c2cc(C(=O)Nc3cccnc3)ccc21. The van der Waals surface area contributed by atoms with Crippen LogP contribution in [-0.2, 0) is 6.54 Å². The second-order valence-corrected chi connectivity index (χ2v) is 9.03. The van der Waals surface area contributed by atoms with Gasteiger partial charge in [0, 0.05) is 37.4 Å². The van der Waals surface area contributed by atoms with E-state index in [-0.39, 0.29) is 37.0 Å². The van der Waals surface area contributed by atoms with E-state index < -0.39 is 5.69 Å². The van der Waals surface area contributed by atoms with Crippen molar-refractivity contribution in [1.29, 1.82) is 0 Å². The number of pyridine rings is 1. The van der Waals surface area contributed by atoms with E-state index in [2.05, 4.69) is 29.0 Å². The molecule has 180 valence electrons. The number of hydrogen-bond acceptors (Lipinski definition) is 6. The van der Waals surface area contributed by atoms with Crippen LogP contribution in [0.25, 0.3) is 11.0 Å². The number of benzene rings is 1. The van der Waals surface area contributed by atoms with Crippen molar-refractivity contribution in [3.8, 4) is 0 Å². The summed E-state index contributed by atoms with van der Waals surface area (Å²) in [5.41, 5.74) is 7.20. The van der Waals surface area contributed by atoms with E-state index in [9.17, 15) is 14.4 Å². The number of fused-ring (bicyclic) bond motifs is 1. The second-order valence-electron chi connectivity index (χ2n) is 9.03. The molecule has 1 aliphatic heterocycles. The van der Waals surface area contributed by atoms with Crippen LogP contribution in [0.1, 0.15) is 30.6 Å². The number of nitrogens with one attached hydrogen (secondary N) is 1. The molecule has 0 bridgehead atoms. The maximum absolute atomic E-state index is 13.7. The molecule has 0 saturated carbocycles. The molecule has 1 atom stereocenters. The van der Waals surface area contributed by atoms with Gasteiger partial charge in [-0.3, -0.25) is 19.2 Å². The Kier molecular flexibility index (Phi) is 6.80. The summed E-state index contributed by atoms with van der Waals surface area (Å²) in [4.78, 5) is 47.8. The highest BCUT2D eigenvalue weighted by atomic mass is 16.2. The molecule has 1 aliphatic rings. The van der Waals surface area contributed by atoms with Gasteiger partial charge in [0.25, 0.3) is 5.91 Å². The van der Waals surface area contributed by atoms with Crippen LogP contribution in [0.15, 0.2) is 47.5 Å². The van der Waals surface area contributed by atoms with Crippen molar-refractivity contribution in [1.82, 2.24) is 23.9 Å². The topological polar surface area (TPSA) is 118 Å². The van der Waals surface area contributed by atoms with Crippen molar-refractivity contribution in [2.24, 2.45) is 11.7 Å². The number of rotatable bonds is 5. The molecular weight excluding hydrogens is 434 g/mol. The summed E-state index contributed by atoms with van der Waals surface area (Å²) in [7, 11) is 1.96. The quantitative estimate of drug-likeness (QED) is 0.595. The fraction of sp³-hybridized carbons (Fsp3) is 0.417. The molecule has 2 aromatic heterocycles. The molecule has 3 heterocycles. The van der Waals surface area contributed by atoms with Crippen LogP contribution in [0.4, 0.5) is 10.5 Å². The number of carbonyl (C=O) groups is 2. The molecule has 1 saturated heterocycles. The number of anilines is 1. The van der Waals surface area contributed by atoms with Gasteiger partial charge >= 0.3 is 11.7 Å². The van der Waals surface area contributed by atoms with E-state index >= 15 is 0 Å². The normalized spacial score (nSPS) is 16.9. The molecule has 3 aromatic rings. The summed E-state index contributed by atoms with van der Waals surface area (Å²) in [5, 5.41) is 2.79. The lowest BCUT2D eigenvalue weighted by Crippen LogP contribution is -2.56. The van der Waals surface area contributed by atoms with E-state index in [1.54, 1.807) is 47.6 Å². The Bertz CT molecular complexity index is 1250. The van der Waals surface area contributed by atoms with Crippen molar-refractivity contribution in [3.63, 3.8) is 0 Å². The van der Waals surface area contributed by atoms with Gasteiger partial charge in [-0.15, -0.1) is 0 Å². The highest BCUT2D eigenvalue weighted by Gasteiger charge is 2.34. The first kappa shape index (κ1) is 23.7. The number of nitrogens with zero attached hydrogens (tertiary/aromatic N) is 5. The Balaban J connectivity index is 1.76. The number of imidazole rings is 1. The average molecular weight is 466 g/mol. The van der Waals surface area contributed by atoms with Crippen molar-refractivity contribution in [2.75, 3.05) is 32.1 Å². The lowest BCUT2D eigenvalue weighted by atomic mass is 9.98. The van der Waals surface area contributed by atoms with Gasteiger partial charge < -0.3 is 16.0 Å². The third-order valence-electron chi connectivity index (χ3n) is 6.27. The molecule has 0 aliphatic carbocycles. The predicted octanol–water partition coefficient (Wildman–Crippen LogP) is 2.00. The molecule has 0 unspecified atom stereocenters. The fourth-order valence-electron chi connectivity index (χ4n) is 4.53. The highest BCUT2D eigenvalue weighted by molar-refractivity contribution is 6.06. The van der Waals surface area contributed by atoms with Gasteiger partial charge in [-0.25, -0.2) is 14.2 Å². The summed E-state index contributed by atoms with van der Waals surface area (Å²) < 4.78 is 2.68. The number of amides is 2. The van der Waals surface area contributed by atoms with Gasteiger partial charge in [0.2, 0.25) is 0 Å². The summed E-state index contributed by atoms with van der Waals surface area (Å²) in [5.74, 6) is -0.0771. The second kappa shape index (κ2) is 9.78. The van der Waals surface area contributed by atoms with Gasteiger partial charge in [-0.2, -0.15) is 0 Å². The lowest BCUT2D eigenvalue weighted by molar-refractivity contribution is 0.0606. The molecule has 1 aromatic carbocycles. The monoisotopic (exact) mass is 465 g/mol. The minimum Gasteiger partial charge on any atom is -0.329 e. The molecule has 10 heteroatoms. The van der Waals surface area contributed by atoms with Crippen LogP contribution in [-0.4, -0.2) is 68.7 Å². The van der Waals surface area contributed by atoms with Crippen molar-refractivity contribution < 1.29 is 9.59 Å². The molecule has 3 N–H and O–H groups in total. The van der Waals surface area contributed by atoms with E-state index in [1.807, 2.05) is 7.05 Å². The first-order valence-corrected chi connectivity index (χ1v) is 11.5. The zero-order valence-electron chi connectivity index (χ0n) is 19.8. The van der Waals surface area contributed by atoms with Gasteiger partial charge in [-0.05, 0) is 49.7 Å². The fourth-order valence-corrected chi connectivity index (χ4v) is 4.53.